The number of benzene rings is 2. The summed E-state index contributed by atoms with van der Waals surface area (Å²) in [5.74, 6) is -2.75. The molecule has 2 aromatic carbocycles. The summed E-state index contributed by atoms with van der Waals surface area (Å²) in [4.78, 5) is 23.8. The topological polar surface area (TPSA) is 76.7 Å². The molecule has 3 amide bonds. The molecule has 0 radical (unpaired) electrons. The number of methoxy groups -OCH3 is 2. The van der Waals surface area contributed by atoms with Gasteiger partial charge in [-0.25, -0.2) is 13.6 Å². The molecular weight excluding hydrogens is 322 g/mol. The van der Waals surface area contributed by atoms with Gasteiger partial charge in [0.1, 0.15) is 17.2 Å². The van der Waals surface area contributed by atoms with Crippen molar-refractivity contribution in [3.05, 3.63) is 53.6 Å². The second kappa shape index (κ2) is 7.40. The van der Waals surface area contributed by atoms with Gasteiger partial charge in [-0.05, 0) is 24.3 Å². The molecule has 2 rings (SSSR count). The van der Waals surface area contributed by atoms with Gasteiger partial charge in [0.25, 0.3) is 5.91 Å². The molecule has 0 aliphatic carbocycles. The molecule has 0 unspecified atom stereocenters. The summed E-state index contributed by atoms with van der Waals surface area (Å²) in [6, 6.07) is 6.69. The molecule has 2 aromatic rings. The van der Waals surface area contributed by atoms with Crippen molar-refractivity contribution in [1.82, 2.24) is 5.32 Å². The van der Waals surface area contributed by atoms with Gasteiger partial charge >= 0.3 is 6.03 Å². The maximum atomic E-state index is 13.5. The standard InChI is InChI=1S/C16H14F2N2O4/c1-23-12-8-4-7-11(14(12)24-2)19-16(22)20-15(21)13-9(17)5-3-6-10(13)18/h3-8H,1-2H3,(H2,19,20,21,22). The first-order chi connectivity index (χ1) is 11.5. The number of urea groups is 1. The highest BCUT2D eigenvalue weighted by Crippen LogP contribution is 2.34. The van der Waals surface area contributed by atoms with Gasteiger partial charge in [0.2, 0.25) is 0 Å². The third-order valence-electron chi connectivity index (χ3n) is 3.07. The SMILES string of the molecule is COc1cccc(NC(=O)NC(=O)c2c(F)cccc2F)c1OC. The molecule has 0 bridgehead atoms. The molecule has 0 saturated heterocycles. The van der Waals surface area contributed by atoms with Gasteiger partial charge in [-0.15, -0.1) is 0 Å². The van der Waals surface area contributed by atoms with Gasteiger partial charge in [0, 0.05) is 0 Å². The number of anilines is 1. The molecule has 0 spiro atoms. The van der Waals surface area contributed by atoms with Crippen molar-refractivity contribution in [2.45, 2.75) is 0 Å². The Labute approximate surface area is 136 Å². The smallest absolute Gasteiger partial charge is 0.326 e. The van der Waals surface area contributed by atoms with Crippen molar-refractivity contribution in [3.63, 3.8) is 0 Å². The summed E-state index contributed by atoms with van der Waals surface area (Å²) >= 11 is 0. The van der Waals surface area contributed by atoms with Crippen molar-refractivity contribution >= 4 is 17.6 Å². The molecule has 0 saturated carbocycles. The summed E-state index contributed by atoms with van der Waals surface area (Å²) in [5.41, 5.74) is -0.624. The first-order valence-electron chi connectivity index (χ1n) is 6.75. The van der Waals surface area contributed by atoms with Crippen LogP contribution in [0, 0.1) is 11.6 Å². The second-order valence-electron chi connectivity index (χ2n) is 4.55. The van der Waals surface area contributed by atoms with Crippen molar-refractivity contribution in [2.75, 3.05) is 19.5 Å². The lowest BCUT2D eigenvalue weighted by Crippen LogP contribution is -2.35. The molecule has 0 atom stereocenters. The van der Waals surface area contributed by atoms with E-state index in [9.17, 15) is 18.4 Å². The Hall–Kier alpha value is -3.16. The van der Waals surface area contributed by atoms with Gasteiger partial charge in [0.05, 0.1) is 19.9 Å². The third kappa shape index (κ3) is 3.60. The molecule has 6 nitrogen and oxygen atoms in total. The van der Waals surface area contributed by atoms with Crippen LogP contribution in [0.5, 0.6) is 11.5 Å². The van der Waals surface area contributed by atoms with Crippen LogP contribution < -0.4 is 20.1 Å². The van der Waals surface area contributed by atoms with Crippen LogP contribution in [0.25, 0.3) is 0 Å². The number of halogens is 2. The minimum absolute atomic E-state index is 0.219. The summed E-state index contributed by atoms with van der Waals surface area (Å²) in [7, 11) is 2.80. The third-order valence-corrected chi connectivity index (χ3v) is 3.07. The zero-order valence-electron chi connectivity index (χ0n) is 12.9. The fraction of sp³-hybridized carbons (Fsp3) is 0.125. The normalized spacial score (nSPS) is 10.0. The fourth-order valence-electron chi connectivity index (χ4n) is 2.02. The number of carbonyl (C=O) groups is 2. The predicted molar refractivity (Wildman–Crippen MR) is 82.4 cm³/mol. The summed E-state index contributed by atoms with van der Waals surface area (Å²) in [5, 5.41) is 4.20. The van der Waals surface area contributed by atoms with E-state index in [1.807, 2.05) is 5.32 Å². The van der Waals surface area contributed by atoms with E-state index < -0.39 is 29.1 Å². The minimum Gasteiger partial charge on any atom is -0.493 e. The molecule has 0 aliphatic heterocycles. The first kappa shape index (κ1) is 17.2. The molecule has 126 valence electrons. The Morgan fingerprint density at radius 3 is 2.17 bits per heavy atom. The lowest BCUT2D eigenvalue weighted by Gasteiger charge is -2.13. The van der Waals surface area contributed by atoms with Gasteiger partial charge in [-0.3, -0.25) is 10.1 Å². The van der Waals surface area contributed by atoms with Crippen molar-refractivity contribution in [2.24, 2.45) is 0 Å². The Balaban J connectivity index is 2.16. The molecule has 2 N–H and O–H groups in total. The quantitative estimate of drug-likeness (QED) is 0.900. The maximum Gasteiger partial charge on any atom is 0.326 e. The van der Waals surface area contributed by atoms with Crippen molar-refractivity contribution in [3.8, 4) is 11.5 Å². The number of para-hydroxylation sites is 1. The van der Waals surface area contributed by atoms with Crippen LogP contribution in [0.15, 0.2) is 36.4 Å². The Bertz CT molecular complexity index is 760. The number of imide groups is 1. The van der Waals surface area contributed by atoms with E-state index in [0.717, 1.165) is 18.2 Å². The molecule has 8 heteroatoms. The number of rotatable bonds is 4. The molecule has 0 aliphatic rings. The number of nitrogens with one attached hydrogen (secondary N) is 2. The Morgan fingerprint density at radius 1 is 0.958 bits per heavy atom. The van der Waals surface area contributed by atoms with Gasteiger partial charge < -0.3 is 14.8 Å². The highest BCUT2D eigenvalue weighted by atomic mass is 19.1. The van der Waals surface area contributed by atoms with Crippen LogP contribution in [0.3, 0.4) is 0 Å². The molecule has 0 fully saturated rings. The number of hydrogen-bond acceptors (Lipinski definition) is 4. The van der Waals surface area contributed by atoms with Gasteiger partial charge in [-0.2, -0.15) is 0 Å². The number of ether oxygens (including phenoxy) is 2. The number of carbonyl (C=O) groups excluding carboxylic acids is 2. The van der Waals surface area contributed by atoms with Crippen LogP contribution >= 0.6 is 0 Å². The average molecular weight is 336 g/mol. The maximum absolute atomic E-state index is 13.5. The average Bonchev–Trinajstić information content (AvgIpc) is 2.54. The predicted octanol–water partition coefficient (Wildman–Crippen LogP) is 2.94. The van der Waals surface area contributed by atoms with Crippen molar-refractivity contribution < 1.29 is 27.8 Å². The van der Waals surface area contributed by atoms with E-state index >= 15 is 0 Å². The number of hydrogen-bond donors (Lipinski definition) is 2. The summed E-state index contributed by atoms with van der Waals surface area (Å²) < 4.78 is 37.3. The van der Waals surface area contributed by atoms with E-state index in [1.54, 1.807) is 12.1 Å². The van der Waals surface area contributed by atoms with E-state index in [4.69, 9.17) is 9.47 Å². The van der Waals surface area contributed by atoms with Crippen LogP contribution in [-0.4, -0.2) is 26.2 Å². The van der Waals surface area contributed by atoms with Gasteiger partial charge in [0.15, 0.2) is 11.5 Å². The lowest BCUT2D eigenvalue weighted by molar-refractivity contribution is 0.0959. The van der Waals surface area contributed by atoms with Crippen LogP contribution in [0.4, 0.5) is 19.3 Å². The monoisotopic (exact) mass is 336 g/mol. The molecular formula is C16H14F2N2O4. The molecule has 0 aromatic heterocycles. The first-order valence-corrected chi connectivity index (χ1v) is 6.75. The minimum atomic E-state index is -1.20. The van der Waals surface area contributed by atoms with E-state index in [0.29, 0.717) is 5.75 Å². The summed E-state index contributed by atoms with van der Waals surface area (Å²) in [6.07, 6.45) is 0. The largest absolute Gasteiger partial charge is 0.493 e. The van der Waals surface area contributed by atoms with Crippen LogP contribution in [0.1, 0.15) is 10.4 Å². The van der Waals surface area contributed by atoms with Crippen LogP contribution in [0.2, 0.25) is 0 Å². The molecule has 0 heterocycles. The van der Waals surface area contributed by atoms with E-state index in [-0.39, 0.29) is 11.4 Å². The van der Waals surface area contributed by atoms with Crippen molar-refractivity contribution in [1.29, 1.82) is 0 Å². The highest BCUT2D eigenvalue weighted by Gasteiger charge is 2.20. The van der Waals surface area contributed by atoms with E-state index in [1.165, 1.54) is 20.3 Å². The number of amides is 3. The Morgan fingerprint density at radius 2 is 1.58 bits per heavy atom. The fourth-order valence-corrected chi connectivity index (χ4v) is 2.02. The van der Waals surface area contributed by atoms with E-state index in [2.05, 4.69) is 5.32 Å². The zero-order valence-corrected chi connectivity index (χ0v) is 12.9. The lowest BCUT2D eigenvalue weighted by atomic mass is 10.2. The zero-order chi connectivity index (χ0) is 17.7. The molecule has 24 heavy (non-hydrogen) atoms. The van der Waals surface area contributed by atoms with Gasteiger partial charge in [-0.1, -0.05) is 12.1 Å². The van der Waals surface area contributed by atoms with Crippen LogP contribution in [-0.2, 0) is 0 Å². The summed E-state index contributed by atoms with van der Waals surface area (Å²) in [6.45, 7) is 0. The second-order valence-corrected chi connectivity index (χ2v) is 4.55. The highest BCUT2D eigenvalue weighted by molar-refractivity contribution is 6.08. The Kier molecular flexibility index (Phi) is 5.31.